The first-order chi connectivity index (χ1) is 16.4. The summed E-state index contributed by atoms with van der Waals surface area (Å²) in [6.45, 7) is 2.30. The topological polar surface area (TPSA) is 0 Å². The molecular formula is C32H47Br2P. The van der Waals surface area contributed by atoms with Crippen molar-refractivity contribution in [3.63, 3.8) is 0 Å². The van der Waals surface area contributed by atoms with Crippen LogP contribution in [0.5, 0.6) is 0 Å². The molecule has 3 heteroatoms. The van der Waals surface area contributed by atoms with Gasteiger partial charge >= 0.3 is 191 Å². The Labute approximate surface area is 237 Å². The minimum absolute atomic E-state index is 0. The van der Waals surface area contributed by atoms with E-state index >= 15 is 0 Å². The second kappa shape index (κ2) is 19.2. The van der Waals surface area contributed by atoms with Crippen LogP contribution in [0.4, 0.5) is 0 Å². The van der Waals surface area contributed by atoms with Gasteiger partial charge in [0.15, 0.2) is 0 Å². The molecule has 0 aliphatic heterocycles. The SMILES string of the molecule is Br.Br.CCCCCCCCCCCCCC[PH](c1ccccc1)(c1ccccc1)c1ccccc1. The van der Waals surface area contributed by atoms with Crippen molar-refractivity contribution in [3.8, 4) is 0 Å². The number of hydrogen-bond donors (Lipinski definition) is 0. The zero-order valence-electron chi connectivity index (χ0n) is 21.7. The molecule has 0 aliphatic carbocycles. The van der Waals surface area contributed by atoms with E-state index in [1.54, 1.807) is 15.9 Å². The molecule has 3 aromatic rings. The quantitative estimate of drug-likeness (QED) is 0.110. The molecule has 194 valence electrons. The standard InChI is InChI=1S/C32H45P.2BrH/c1-2-3-4-5-6-7-8-9-10-11-12-22-29-33(30-23-16-13-17-24-30,31-25-18-14-19-26-31)32-27-20-15-21-28-32;;/h13-21,23-28,33H,2-12,22,29H2,1H3;2*1H. The Morgan fingerprint density at radius 1 is 0.400 bits per heavy atom. The van der Waals surface area contributed by atoms with Crippen molar-refractivity contribution in [2.75, 3.05) is 6.16 Å². The first kappa shape index (κ1) is 32.1. The Morgan fingerprint density at radius 2 is 0.686 bits per heavy atom. The van der Waals surface area contributed by atoms with Crippen molar-refractivity contribution in [3.05, 3.63) is 91.0 Å². The van der Waals surface area contributed by atoms with Crippen LogP contribution in [0.2, 0.25) is 0 Å². The molecule has 0 nitrogen and oxygen atoms in total. The van der Waals surface area contributed by atoms with E-state index < -0.39 is 7.26 Å². The summed E-state index contributed by atoms with van der Waals surface area (Å²) >= 11 is 0. The molecular weight excluding hydrogens is 575 g/mol. The molecule has 35 heavy (non-hydrogen) atoms. The van der Waals surface area contributed by atoms with E-state index in [0.717, 1.165) is 0 Å². The van der Waals surface area contributed by atoms with Gasteiger partial charge in [-0.15, -0.1) is 34.0 Å². The maximum absolute atomic E-state index is 2.38. The molecule has 3 aromatic carbocycles. The van der Waals surface area contributed by atoms with Crippen LogP contribution in [0, 0.1) is 0 Å². The van der Waals surface area contributed by atoms with E-state index in [2.05, 4.69) is 97.9 Å². The van der Waals surface area contributed by atoms with Gasteiger partial charge in [-0.05, 0) is 0 Å². The third kappa shape index (κ3) is 10.1. The predicted molar refractivity (Wildman–Crippen MR) is 173 cm³/mol. The van der Waals surface area contributed by atoms with Crippen LogP contribution in [0.15, 0.2) is 91.0 Å². The second-order valence-electron chi connectivity index (χ2n) is 9.64. The van der Waals surface area contributed by atoms with E-state index in [1.165, 1.54) is 83.2 Å². The fourth-order valence-corrected chi connectivity index (χ4v) is 10.3. The molecule has 0 heterocycles. The van der Waals surface area contributed by atoms with Gasteiger partial charge in [0.1, 0.15) is 0 Å². The molecule has 0 fully saturated rings. The van der Waals surface area contributed by atoms with E-state index in [1.807, 2.05) is 0 Å². The molecule has 0 bridgehead atoms. The van der Waals surface area contributed by atoms with Crippen LogP contribution in [0.1, 0.15) is 84.0 Å². The maximum atomic E-state index is 2.38. The Kier molecular flexibility index (Phi) is 17.6. The molecule has 3 rings (SSSR count). The van der Waals surface area contributed by atoms with Gasteiger partial charge in [0, 0.05) is 0 Å². The van der Waals surface area contributed by atoms with Crippen molar-refractivity contribution in [1.29, 1.82) is 0 Å². The van der Waals surface area contributed by atoms with Gasteiger partial charge in [0.05, 0.1) is 0 Å². The molecule has 0 aromatic heterocycles. The van der Waals surface area contributed by atoms with Gasteiger partial charge in [-0.2, -0.15) is 0 Å². The summed E-state index contributed by atoms with van der Waals surface area (Å²) in [4.78, 5) is 0. The first-order valence-corrected chi connectivity index (χ1v) is 15.7. The molecule has 0 N–H and O–H groups in total. The molecule has 0 atom stereocenters. The number of benzene rings is 3. The average molecular weight is 623 g/mol. The third-order valence-corrected chi connectivity index (χ3v) is 12.3. The van der Waals surface area contributed by atoms with Crippen molar-refractivity contribution in [1.82, 2.24) is 0 Å². The van der Waals surface area contributed by atoms with Crippen molar-refractivity contribution in [2.45, 2.75) is 84.0 Å². The van der Waals surface area contributed by atoms with E-state index in [-0.39, 0.29) is 34.0 Å². The zero-order valence-corrected chi connectivity index (χ0v) is 26.1. The Hall–Kier alpha value is -0.950. The summed E-state index contributed by atoms with van der Waals surface area (Å²) in [5.74, 6) is 0. The molecule has 0 saturated carbocycles. The zero-order chi connectivity index (χ0) is 23.0. The first-order valence-electron chi connectivity index (χ1n) is 13.5. The molecule has 0 spiro atoms. The normalized spacial score (nSPS) is 11.3. The molecule has 0 aliphatic rings. The monoisotopic (exact) mass is 620 g/mol. The van der Waals surface area contributed by atoms with Crippen LogP contribution in [0.3, 0.4) is 0 Å². The van der Waals surface area contributed by atoms with Gasteiger partial charge in [-0.1, -0.05) is 13.3 Å². The Bertz CT molecular complexity index is 771. The van der Waals surface area contributed by atoms with E-state index in [9.17, 15) is 0 Å². The van der Waals surface area contributed by atoms with Crippen LogP contribution in [-0.4, -0.2) is 6.16 Å². The van der Waals surface area contributed by atoms with Crippen molar-refractivity contribution in [2.24, 2.45) is 0 Å². The molecule has 0 radical (unpaired) electrons. The summed E-state index contributed by atoms with van der Waals surface area (Å²) in [6, 6.07) is 34.1. The van der Waals surface area contributed by atoms with Crippen LogP contribution >= 0.6 is 41.2 Å². The predicted octanol–water partition coefficient (Wildman–Crippen LogP) is 9.57. The van der Waals surface area contributed by atoms with Crippen molar-refractivity contribution >= 4 is 57.1 Å². The number of unbranched alkanes of at least 4 members (excludes halogenated alkanes) is 11. The molecule has 0 saturated heterocycles. The Morgan fingerprint density at radius 3 is 1.00 bits per heavy atom. The van der Waals surface area contributed by atoms with Crippen LogP contribution in [0.25, 0.3) is 0 Å². The number of rotatable bonds is 16. The van der Waals surface area contributed by atoms with Gasteiger partial charge in [-0.25, -0.2) is 0 Å². The second-order valence-corrected chi connectivity index (χ2v) is 13.7. The average Bonchev–Trinajstić information content (AvgIpc) is 2.89. The summed E-state index contributed by atoms with van der Waals surface area (Å²) in [5, 5.41) is 4.64. The van der Waals surface area contributed by atoms with E-state index in [0.29, 0.717) is 0 Å². The van der Waals surface area contributed by atoms with Crippen LogP contribution < -0.4 is 15.9 Å². The summed E-state index contributed by atoms with van der Waals surface area (Å²) in [5.41, 5.74) is 0. The summed E-state index contributed by atoms with van der Waals surface area (Å²) in [6.07, 6.45) is 18.2. The van der Waals surface area contributed by atoms with Gasteiger partial charge in [0.25, 0.3) is 0 Å². The number of halogens is 2. The third-order valence-electron chi connectivity index (χ3n) is 7.21. The fourth-order valence-electron chi connectivity index (χ4n) is 5.33. The summed E-state index contributed by atoms with van der Waals surface area (Å²) < 4.78 is 0. The Balaban J connectivity index is 0.00000306. The fraction of sp³-hybridized carbons (Fsp3) is 0.438. The summed E-state index contributed by atoms with van der Waals surface area (Å²) in [7, 11) is -2.02. The van der Waals surface area contributed by atoms with E-state index in [4.69, 9.17) is 0 Å². The molecule has 0 unspecified atom stereocenters. The van der Waals surface area contributed by atoms with Gasteiger partial charge in [-0.3, -0.25) is 0 Å². The van der Waals surface area contributed by atoms with Gasteiger partial charge in [0.2, 0.25) is 0 Å². The van der Waals surface area contributed by atoms with Crippen molar-refractivity contribution < 1.29 is 0 Å². The van der Waals surface area contributed by atoms with Gasteiger partial charge < -0.3 is 0 Å². The molecule has 0 amide bonds. The number of hydrogen-bond acceptors (Lipinski definition) is 0. The van der Waals surface area contributed by atoms with Crippen LogP contribution in [-0.2, 0) is 0 Å². The minimum atomic E-state index is -2.02.